The molecule has 11 heteroatoms. The maximum atomic E-state index is 13.5. The molecule has 1 saturated heterocycles. The molecule has 0 bridgehead atoms. The quantitative estimate of drug-likeness (QED) is 0.0195. The Morgan fingerprint density at radius 3 is 1.33 bits per heavy atom. The molecule has 0 aromatic rings. The number of allylic oxidation sites excluding steroid dienone is 21. The lowest BCUT2D eigenvalue weighted by Crippen LogP contribution is -2.61. The van der Waals surface area contributed by atoms with Crippen molar-refractivity contribution in [1.82, 2.24) is 5.32 Å². The molecule has 6 N–H and O–H groups in total. The number of hydrogen-bond donors (Lipinski definition) is 6. The number of hydrogen-bond acceptors (Lipinski definition) is 10. The summed E-state index contributed by atoms with van der Waals surface area (Å²) in [6.07, 6.45) is 69.1. The lowest BCUT2D eigenvalue weighted by molar-refractivity contribution is -0.305. The number of amides is 1. The van der Waals surface area contributed by atoms with Crippen LogP contribution in [0.3, 0.4) is 0 Å². The van der Waals surface area contributed by atoms with Gasteiger partial charge >= 0.3 is 5.97 Å². The zero-order valence-electron chi connectivity index (χ0n) is 50.8. The Labute approximate surface area is 493 Å². The van der Waals surface area contributed by atoms with E-state index >= 15 is 0 Å². The number of carbonyl (C=O) groups is 2. The molecule has 1 rings (SSSR count). The Morgan fingerprint density at radius 1 is 0.494 bits per heavy atom. The predicted molar refractivity (Wildman–Crippen MR) is 337 cm³/mol. The summed E-state index contributed by atoms with van der Waals surface area (Å²) < 4.78 is 17.6. The van der Waals surface area contributed by atoms with Gasteiger partial charge in [0.05, 0.1) is 25.4 Å². The minimum Gasteiger partial charge on any atom is -0.454 e. The van der Waals surface area contributed by atoms with Gasteiger partial charge in [0.2, 0.25) is 5.91 Å². The van der Waals surface area contributed by atoms with E-state index in [2.05, 4.69) is 135 Å². The van der Waals surface area contributed by atoms with Crippen LogP contribution in [0.2, 0.25) is 0 Å². The van der Waals surface area contributed by atoms with Gasteiger partial charge in [-0.05, 0) is 109 Å². The van der Waals surface area contributed by atoms with Crippen LogP contribution in [0, 0.1) is 0 Å². The number of aliphatic hydroxyl groups is 5. The summed E-state index contributed by atoms with van der Waals surface area (Å²) in [5.41, 5.74) is 0. The highest BCUT2D eigenvalue weighted by molar-refractivity contribution is 5.80. The summed E-state index contributed by atoms with van der Waals surface area (Å²) in [7, 11) is 0. The average molecular weight is 1130 g/mol. The number of rotatable bonds is 52. The molecule has 1 amide bonds. The summed E-state index contributed by atoms with van der Waals surface area (Å²) >= 11 is 0. The minimum atomic E-state index is -1.65. The molecule has 8 atom stereocenters. The number of aliphatic hydroxyl groups excluding tert-OH is 5. The van der Waals surface area contributed by atoms with E-state index in [-0.39, 0.29) is 19.4 Å². The Balaban J connectivity index is 2.72. The smallest absolute Gasteiger partial charge is 0.306 e. The SMILES string of the molecule is CC/C=C\C/C=C\C/C=C\C/C=C\C/C=C\CCCCCCCCC(O)C(=O)NC(COC1OC(CO)C(O)C(O)C1OC(=O)CCC/C=C\C/C=C\C/C=C\C/C=C\C/C=C\CC)C(O)/C=C/CCCCCCCCCCCCC. The summed E-state index contributed by atoms with van der Waals surface area (Å²) in [5.74, 6) is -1.28. The van der Waals surface area contributed by atoms with E-state index in [1.165, 1.54) is 51.4 Å². The van der Waals surface area contributed by atoms with E-state index < -0.39 is 67.4 Å². The van der Waals surface area contributed by atoms with Gasteiger partial charge in [-0.25, -0.2) is 0 Å². The van der Waals surface area contributed by atoms with Gasteiger partial charge in [0.1, 0.15) is 24.4 Å². The van der Waals surface area contributed by atoms with Gasteiger partial charge in [0.25, 0.3) is 0 Å². The topological polar surface area (TPSA) is 175 Å². The van der Waals surface area contributed by atoms with Crippen molar-refractivity contribution in [2.75, 3.05) is 13.2 Å². The first-order valence-electron chi connectivity index (χ1n) is 32.0. The Bertz CT molecular complexity index is 1830. The summed E-state index contributed by atoms with van der Waals surface area (Å²) in [5, 5.41) is 57.0. The van der Waals surface area contributed by atoms with Crippen LogP contribution in [0.5, 0.6) is 0 Å². The lowest BCUT2D eigenvalue weighted by atomic mass is 9.99. The second-order valence-corrected chi connectivity index (χ2v) is 21.4. The predicted octanol–water partition coefficient (Wildman–Crippen LogP) is 15.6. The highest BCUT2D eigenvalue weighted by Crippen LogP contribution is 2.26. The van der Waals surface area contributed by atoms with E-state index in [9.17, 15) is 35.1 Å². The fourth-order valence-corrected chi connectivity index (χ4v) is 9.07. The molecule has 0 aromatic carbocycles. The third-order valence-electron chi connectivity index (χ3n) is 14.0. The highest BCUT2D eigenvalue weighted by atomic mass is 16.7. The van der Waals surface area contributed by atoms with E-state index in [1.807, 2.05) is 18.2 Å². The molecule has 1 fully saturated rings. The molecule has 81 heavy (non-hydrogen) atoms. The average Bonchev–Trinajstić information content (AvgIpc) is 3.49. The summed E-state index contributed by atoms with van der Waals surface area (Å²) in [6.45, 7) is 5.52. The molecule has 0 aliphatic carbocycles. The van der Waals surface area contributed by atoms with E-state index in [0.717, 1.165) is 128 Å². The molecule has 1 aliphatic heterocycles. The molecule has 11 nitrogen and oxygen atoms in total. The van der Waals surface area contributed by atoms with Crippen molar-refractivity contribution in [2.45, 2.75) is 282 Å². The zero-order chi connectivity index (χ0) is 58.9. The van der Waals surface area contributed by atoms with Crippen molar-refractivity contribution in [3.8, 4) is 0 Å². The van der Waals surface area contributed by atoms with Crippen molar-refractivity contribution < 1.29 is 49.3 Å². The number of unbranched alkanes of at least 4 members (excludes halogenated alkanes) is 18. The van der Waals surface area contributed by atoms with Gasteiger partial charge in [-0.2, -0.15) is 0 Å². The van der Waals surface area contributed by atoms with Crippen LogP contribution in [-0.2, 0) is 23.8 Å². The molecular formula is C70H115NO10. The maximum Gasteiger partial charge on any atom is 0.306 e. The van der Waals surface area contributed by atoms with Crippen LogP contribution < -0.4 is 5.32 Å². The molecule has 0 spiro atoms. The molecule has 1 aliphatic rings. The maximum absolute atomic E-state index is 13.5. The number of carbonyl (C=O) groups excluding carboxylic acids is 2. The monoisotopic (exact) mass is 1130 g/mol. The normalized spacial score (nSPS) is 19.6. The molecular weight excluding hydrogens is 1010 g/mol. The van der Waals surface area contributed by atoms with Crippen LogP contribution in [0.25, 0.3) is 0 Å². The van der Waals surface area contributed by atoms with Crippen LogP contribution in [-0.4, -0.2) is 99.6 Å². The van der Waals surface area contributed by atoms with Crippen LogP contribution in [0.4, 0.5) is 0 Å². The number of nitrogens with one attached hydrogen (secondary N) is 1. The van der Waals surface area contributed by atoms with E-state index in [1.54, 1.807) is 6.08 Å². The second-order valence-electron chi connectivity index (χ2n) is 21.4. The molecule has 0 radical (unpaired) electrons. The first kappa shape index (κ1) is 74.8. The van der Waals surface area contributed by atoms with Gasteiger partial charge in [-0.15, -0.1) is 0 Å². The van der Waals surface area contributed by atoms with Crippen molar-refractivity contribution in [2.24, 2.45) is 0 Å². The van der Waals surface area contributed by atoms with Crippen molar-refractivity contribution in [1.29, 1.82) is 0 Å². The standard InChI is InChI=1S/C70H115NO10/c1-4-7-10-13-16-19-22-25-27-29-30-31-32-33-35-36-39-42-45-48-51-54-57-63(74)69(78)71-61(62(73)56-53-50-47-44-41-38-24-21-18-15-12-9-6-3)60-79-70-68(67(77)66(76)64(59-72)80-70)81-65(75)58-55-52-49-46-43-40-37-34-28-26-23-20-17-14-11-8-5-2/h7-8,10-11,16-17,19-20,25-28,30-31,33,35,37,40,46,49,53,56,61-64,66-68,70,72-74,76-77H,4-6,9,12-15,18,21-24,29,32,34,36,38-39,41-45,47-48,50-52,54-55,57-60H2,1-3H3,(H,71,78)/b10-7-,11-8-,19-16-,20-17-,27-25-,28-26-,31-30-,35-33-,40-37-,49-46-,56-53+. The second kappa shape index (κ2) is 56.3. The van der Waals surface area contributed by atoms with E-state index in [4.69, 9.17) is 14.2 Å². The molecule has 8 unspecified atom stereocenters. The van der Waals surface area contributed by atoms with Gasteiger partial charge in [0, 0.05) is 6.42 Å². The van der Waals surface area contributed by atoms with Gasteiger partial charge in [-0.3, -0.25) is 9.59 Å². The third-order valence-corrected chi connectivity index (χ3v) is 14.0. The summed E-state index contributed by atoms with van der Waals surface area (Å²) in [4.78, 5) is 26.6. The van der Waals surface area contributed by atoms with Crippen LogP contribution in [0.1, 0.15) is 233 Å². The molecule has 1 heterocycles. The Kier molecular flexibility index (Phi) is 52.0. The van der Waals surface area contributed by atoms with E-state index in [0.29, 0.717) is 19.3 Å². The number of esters is 1. The highest BCUT2D eigenvalue weighted by Gasteiger charge is 2.47. The Hall–Kier alpha value is -4.20. The van der Waals surface area contributed by atoms with Gasteiger partial charge in [-0.1, -0.05) is 251 Å². The number of ether oxygens (including phenoxy) is 3. The van der Waals surface area contributed by atoms with Crippen molar-refractivity contribution >= 4 is 11.9 Å². The first-order valence-corrected chi connectivity index (χ1v) is 32.0. The molecule has 0 aromatic heterocycles. The fraction of sp³-hybridized carbons (Fsp3) is 0.657. The van der Waals surface area contributed by atoms with Crippen molar-refractivity contribution in [3.05, 3.63) is 134 Å². The van der Waals surface area contributed by atoms with Gasteiger partial charge < -0.3 is 45.1 Å². The molecule has 0 saturated carbocycles. The fourth-order valence-electron chi connectivity index (χ4n) is 9.07. The zero-order valence-corrected chi connectivity index (χ0v) is 50.8. The minimum absolute atomic E-state index is 0.0365. The van der Waals surface area contributed by atoms with Crippen LogP contribution in [0.15, 0.2) is 134 Å². The summed E-state index contributed by atoms with van der Waals surface area (Å²) in [6, 6.07) is -1.05. The largest absolute Gasteiger partial charge is 0.454 e. The molecule has 460 valence electrons. The first-order chi connectivity index (χ1) is 39.7. The van der Waals surface area contributed by atoms with Crippen molar-refractivity contribution in [3.63, 3.8) is 0 Å². The van der Waals surface area contributed by atoms with Gasteiger partial charge in [0.15, 0.2) is 12.4 Å². The third kappa shape index (κ3) is 44.1. The Morgan fingerprint density at radius 2 is 0.889 bits per heavy atom. The lowest BCUT2D eigenvalue weighted by Gasteiger charge is -2.41. The van der Waals surface area contributed by atoms with Crippen LogP contribution >= 0.6 is 0 Å².